The third-order valence-corrected chi connectivity index (χ3v) is 9.72. The van der Waals surface area contributed by atoms with Crippen LogP contribution < -0.4 is 0 Å². The van der Waals surface area contributed by atoms with Crippen LogP contribution in [0.15, 0.2) is 176 Å². The highest BCUT2D eigenvalue weighted by Gasteiger charge is 2.14. The van der Waals surface area contributed by atoms with Gasteiger partial charge in [-0.15, -0.1) is 0 Å². The Morgan fingerprint density at radius 2 is 0.942 bits per heavy atom. The molecule has 0 amide bonds. The van der Waals surface area contributed by atoms with Crippen LogP contribution in [-0.2, 0) is 0 Å². The Hall–Kier alpha value is -7.11. The third-order valence-electron chi connectivity index (χ3n) is 9.72. The molecule has 10 aromatic rings. The molecular formula is C47H29N5. The van der Waals surface area contributed by atoms with Gasteiger partial charge in [0.15, 0.2) is 5.82 Å². The smallest absolute Gasteiger partial charge is 0.179 e. The van der Waals surface area contributed by atoms with Crippen LogP contribution in [0.5, 0.6) is 0 Å². The lowest BCUT2D eigenvalue weighted by Crippen LogP contribution is -1.96. The minimum Gasteiger partial charge on any atom is -0.253 e. The summed E-state index contributed by atoms with van der Waals surface area (Å²) in [5.41, 5.74) is 11.5. The fourth-order valence-electron chi connectivity index (χ4n) is 7.00. The van der Waals surface area contributed by atoms with E-state index < -0.39 is 0 Å². The van der Waals surface area contributed by atoms with Gasteiger partial charge in [0.2, 0.25) is 0 Å². The van der Waals surface area contributed by atoms with Crippen molar-refractivity contribution in [3.8, 4) is 56.4 Å². The molecule has 4 aromatic heterocycles. The van der Waals surface area contributed by atoms with E-state index in [1.165, 1.54) is 10.8 Å². The minimum atomic E-state index is 0.611. The third kappa shape index (κ3) is 5.32. The Morgan fingerprint density at radius 3 is 1.69 bits per heavy atom. The lowest BCUT2D eigenvalue weighted by molar-refractivity contribution is 1.18. The van der Waals surface area contributed by atoms with E-state index in [1.54, 1.807) is 6.20 Å². The number of hydrogen-bond acceptors (Lipinski definition) is 5. The lowest BCUT2D eigenvalue weighted by atomic mass is 9.98. The van der Waals surface area contributed by atoms with Crippen molar-refractivity contribution in [2.24, 2.45) is 0 Å². The normalized spacial score (nSPS) is 11.5. The van der Waals surface area contributed by atoms with Crippen LogP contribution in [0.3, 0.4) is 0 Å². The molecule has 0 unspecified atom stereocenters. The van der Waals surface area contributed by atoms with E-state index in [1.807, 2.05) is 36.4 Å². The summed E-state index contributed by atoms with van der Waals surface area (Å²) in [7, 11) is 0. The molecule has 0 N–H and O–H groups in total. The van der Waals surface area contributed by atoms with Gasteiger partial charge in [-0.25, -0.2) is 19.9 Å². The predicted octanol–water partition coefficient (Wildman–Crippen LogP) is 11.6. The van der Waals surface area contributed by atoms with Gasteiger partial charge in [0.25, 0.3) is 0 Å². The Kier molecular flexibility index (Phi) is 7.07. The van der Waals surface area contributed by atoms with Gasteiger partial charge in [-0.05, 0) is 64.4 Å². The zero-order valence-electron chi connectivity index (χ0n) is 28.0. The van der Waals surface area contributed by atoms with Crippen LogP contribution in [0.2, 0.25) is 0 Å². The van der Waals surface area contributed by atoms with Crippen molar-refractivity contribution in [2.45, 2.75) is 0 Å². The second kappa shape index (κ2) is 12.3. The number of nitrogens with zero attached hydrogens (tertiary/aromatic N) is 5. The van der Waals surface area contributed by atoms with Gasteiger partial charge < -0.3 is 0 Å². The number of pyridine rings is 3. The molecule has 0 spiro atoms. The van der Waals surface area contributed by atoms with E-state index in [0.29, 0.717) is 5.82 Å². The number of fused-ring (bicyclic) bond motifs is 5. The van der Waals surface area contributed by atoms with Gasteiger partial charge in [-0.3, -0.25) is 4.98 Å². The van der Waals surface area contributed by atoms with Gasteiger partial charge in [0, 0.05) is 39.0 Å². The number of aromatic nitrogens is 5. The van der Waals surface area contributed by atoms with E-state index in [9.17, 15) is 0 Å². The first kappa shape index (κ1) is 29.8. The van der Waals surface area contributed by atoms with Gasteiger partial charge in [0.05, 0.1) is 33.6 Å². The van der Waals surface area contributed by atoms with Gasteiger partial charge in [-0.1, -0.05) is 127 Å². The van der Waals surface area contributed by atoms with E-state index in [4.69, 9.17) is 19.9 Å². The highest BCUT2D eigenvalue weighted by atomic mass is 14.9. The number of hydrogen-bond donors (Lipinski definition) is 0. The first-order valence-electron chi connectivity index (χ1n) is 17.3. The maximum absolute atomic E-state index is 5.20. The minimum absolute atomic E-state index is 0.611. The van der Waals surface area contributed by atoms with Crippen molar-refractivity contribution >= 4 is 43.5 Å². The molecule has 5 heteroatoms. The average Bonchev–Trinajstić information content (AvgIpc) is 3.23. The second-order valence-electron chi connectivity index (χ2n) is 13.0. The predicted molar refractivity (Wildman–Crippen MR) is 213 cm³/mol. The van der Waals surface area contributed by atoms with Crippen LogP contribution >= 0.6 is 0 Å². The maximum Gasteiger partial charge on any atom is 0.179 e. The van der Waals surface area contributed by atoms with Crippen LogP contribution in [0.25, 0.3) is 99.9 Å². The molecular weight excluding hydrogens is 635 g/mol. The summed E-state index contributed by atoms with van der Waals surface area (Å²) in [6.07, 6.45) is 1.77. The monoisotopic (exact) mass is 663 g/mol. The van der Waals surface area contributed by atoms with E-state index in [-0.39, 0.29) is 0 Å². The Bertz CT molecular complexity index is 2940. The highest BCUT2D eigenvalue weighted by molar-refractivity contribution is 6.04. The van der Waals surface area contributed by atoms with Crippen molar-refractivity contribution in [3.05, 3.63) is 176 Å². The molecule has 0 radical (unpaired) electrons. The van der Waals surface area contributed by atoms with Crippen molar-refractivity contribution < 1.29 is 0 Å². The van der Waals surface area contributed by atoms with Gasteiger partial charge in [-0.2, -0.15) is 0 Å². The van der Waals surface area contributed by atoms with E-state index in [2.05, 4.69) is 138 Å². The highest BCUT2D eigenvalue weighted by Crippen LogP contribution is 2.34. The van der Waals surface area contributed by atoms with Crippen molar-refractivity contribution in [1.82, 2.24) is 24.9 Å². The van der Waals surface area contributed by atoms with E-state index >= 15 is 0 Å². The largest absolute Gasteiger partial charge is 0.253 e. The summed E-state index contributed by atoms with van der Waals surface area (Å²) in [5.74, 6) is 0.611. The lowest BCUT2D eigenvalue weighted by Gasteiger charge is -2.11. The fraction of sp³-hybridized carbons (Fsp3) is 0. The molecule has 0 bridgehead atoms. The summed E-state index contributed by atoms with van der Waals surface area (Å²) in [6, 6.07) is 58.7. The molecule has 0 atom stereocenters. The maximum atomic E-state index is 5.20. The van der Waals surface area contributed by atoms with Crippen molar-refractivity contribution in [1.29, 1.82) is 0 Å². The Labute approximate surface area is 300 Å². The summed E-state index contributed by atoms with van der Waals surface area (Å²) in [4.78, 5) is 24.8. The second-order valence-corrected chi connectivity index (χ2v) is 13.0. The molecule has 0 aliphatic heterocycles. The van der Waals surface area contributed by atoms with Gasteiger partial charge >= 0.3 is 0 Å². The zero-order chi connectivity index (χ0) is 34.4. The molecule has 242 valence electrons. The first-order valence-corrected chi connectivity index (χ1v) is 17.3. The quantitative estimate of drug-likeness (QED) is 0.171. The molecule has 0 fully saturated rings. The molecule has 52 heavy (non-hydrogen) atoms. The molecule has 0 aliphatic carbocycles. The number of rotatable bonds is 5. The molecule has 0 saturated heterocycles. The summed E-state index contributed by atoms with van der Waals surface area (Å²) in [6.45, 7) is 0. The van der Waals surface area contributed by atoms with Crippen LogP contribution in [0.4, 0.5) is 0 Å². The molecule has 10 rings (SSSR count). The molecule has 0 aliphatic rings. The SMILES string of the molecule is c1ccc(-c2nc(-c3ccccn3)nc3ccc(-c4ccc(-c5ccc6ccc7ccc(-c8ccc9ccccc9c8)nc7c6n5)cc4)cc23)cc1. The molecule has 6 aromatic carbocycles. The topological polar surface area (TPSA) is 64.5 Å². The standard InChI is InChI=1S/C47H29N5/c1-2-9-33(10-3-1)44-39-29-37(23-26-42(39)51-47(52-44)43-12-6-7-27-48-43)31-13-16-32(17-14-31)40-24-21-34-18-19-35-22-25-41(50-46(35)45(34)49-40)38-20-15-30-8-4-5-11-36(30)28-38/h1-29H. The van der Waals surface area contributed by atoms with Crippen molar-refractivity contribution in [3.63, 3.8) is 0 Å². The first-order chi connectivity index (χ1) is 25.7. The molecule has 0 saturated carbocycles. The average molecular weight is 664 g/mol. The molecule has 5 nitrogen and oxygen atoms in total. The van der Waals surface area contributed by atoms with Crippen LogP contribution in [0, 0.1) is 0 Å². The summed E-state index contributed by atoms with van der Waals surface area (Å²) < 4.78 is 0. The summed E-state index contributed by atoms with van der Waals surface area (Å²) in [5, 5.41) is 5.55. The van der Waals surface area contributed by atoms with E-state index in [0.717, 1.165) is 83.3 Å². The van der Waals surface area contributed by atoms with Crippen molar-refractivity contribution in [2.75, 3.05) is 0 Å². The molecule has 4 heterocycles. The zero-order valence-corrected chi connectivity index (χ0v) is 28.0. The summed E-state index contributed by atoms with van der Waals surface area (Å²) >= 11 is 0. The fourth-order valence-corrected chi connectivity index (χ4v) is 7.00. The number of benzene rings is 6. The Morgan fingerprint density at radius 1 is 0.327 bits per heavy atom. The van der Waals surface area contributed by atoms with Crippen LogP contribution in [0.1, 0.15) is 0 Å². The Balaban J connectivity index is 1.02. The van der Waals surface area contributed by atoms with Gasteiger partial charge in [0.1, 0.15) is 5.69 Å². The van der Waals surface area contributed by atoms with Crippen LogP contribution in [-0.4, -0.2) is 24.9 Å².